The van der Waals surface area contributed by atoms with E-state index < -0.39 is 10.0 Å². The number of nitrogens with one attached hydrogen (secondary N) is 1. The number of piperidine rings is 2. The van der Waals surface area contributed by atoms with E-state index in [-0.39, 0.29) is 12.3 Å². The average Bonchev–Trinajstić information content (AvgIpc) is 2.76. The number of hydrogen-bond acceptors (Lipinski definition) is 3. The van der Waals surface area contributed by atoms with Crippen LogP contribution in [0.4, 0.5) is 0 Å². The van der Waals surface area contributed by atoms with Crippen LogP contribution in [-0.2, 0) is 16.0 Å². The second-order valence-corrected chi connectivity index (χ2v) is 11.0. The third-order valence-electron chi connectivity index (χ3n) is 6.53. The van der Waals surface area contributed by atoms with Gasteiger partial charge in [-0.2, -0.15) is 0 Å². The van der Waals surface area contributed by atoms with Crippen molar-refractivity contribution in [3.8, 4) is 0 Å². The summed E-state index contributed by atoms with van der Waals surface area (Å²) in [7, 11) is 0. The lowest BCUT2D eigenvalue weighted by molar-refractivity contribution is -0.125. The SMILES string of the molecule is O=C(Cc1cccc2ccccc12)N[C@@H](OC[C@H]1CCCN2CCCC[C@@H]12)C(Cl)(Cl)Cl. The zero-order valence-corrected chi connectivity index (χ0v) is 19.8. The number of carbonyl (C=O) groups excluding carboxylic acids is 1. The van der Waals surface area contributed by atoms with Crippen molar-refractivity contribution < 1.29 is 9.53 Å². The first-order valence-corrected chi connectivity index (χ1v) is 12.2. The molecule has 2 aliphatic heterocycles. The second kappa shape index (κ2) is 10.3. The van der Waals surface area contributed by atoms with E-state index in [4.69, 9.17) is 39.5 Å². The number of benzene rings is 2. The van der Waals surface area contributed by atoms with Crippen molar-refractivity contribution in [2.75, 3.05) is 19.7 Å². The van der Waals surface area contributed by atoms with Crippen molar-refractivity contribution in [1.29, 1.82) is 0 Å². The molecule has 1 amide bonds. The van der Waals surface area contributed by atoms with Gasteiger partial charge in [-0.25, -0.2) is 0 Å². The number of rotatable bonds is 6. The van der Waals surface area contributed by atoms with Crippen molar-refractivity contribution in [3.63, 3.8) is 0 Å². The summed E-state index contributed by atoms with van der Waals surface area (Å²) in [5.41, 5.74) is 0.934. The second-order valence-electron chi connectivity index (χ2n) is 8.64. The minimum absolute atomic E-state index is 0.196. The van der Waals surface area contributed by atoms with E-state index in [9.17, 15) is 4.79 Å². The van der Waals surface area contributed by atoms with Gasteiger partial charge in [-0.1, -0.05) is 83.7 Å². The Morgan fingerprint density at radius 1 is 1.06 bits per heavy atom. The summed E-state index contributed by atoms with van der Waals surface area (Å²) < 4.78 is 4.30. The van der Waals surface area contributed by atoms with Crippen LogP contribution in [0.1, 0.15) is 37.7 Å². The zero-order valence-electron chi connectivity index (χ0n) is 17.5. The number of amides is 1. The first kappa shape index (κ1) is 23.1. The maximum atomic E-state index is 12.8. The molecule has 31 heavy (non-hydrogen) atoms. The van der Waals surface area contributed by atoms with E-state index in [1.807, 2.05) is 42.5 Å². The molecular weight excluding hydrogens is 455 g/mol. The van der Waals surface area contributed by atoms with Gasteiger partial charge >= 0.3 is 0 Å². The summed E-state index contributed by atoms with van der Waals surface area (Å²) in [5.74, 6) is 0.175. The van der Waals surface area contributed by atoms with E-state index in [1.165, 1.54) is 19.3 Å². The van der Waals surface area contributed by atoms with E-state index >= 15 is 0 Å². The van der Waals surface area contributed by atoms with Crippen molar-refractivity contribution in [3.05, 3.63) is 48.0 Å². The number of fused-ring (bicyclic) bond motifs is 2. The van der Waals surface area contributed by atoms with Gasteiger partial charge in [0.1, 0.15) is 0 Å². The quantitative estimate of drug-likeness (QED) is 0.437. The summed E-state index contributed by atoms with van der Waals surface area (Å²) in [6.07, 6.45) is 5.20. The van der Waals surface area contributed by atoms with Gasteiger partial charge in [0.2, 0.25) is 9.70 Å². The van der Waals surface area contributed by atoms with Gasteiger partial charge in [0, 0.05) is 6.04 Å². The van der Waals surface area contributed by atoms with Crippen LogP contribution in [0.5, 0.6) is 0 Å². The molecule has 168 valence electrons. The fourth-order valence-corrected chi connectivity index (χ4v) is 5.38. The lowest BCUT2D eigenvalue weighted by atomic mass is 9.84. The highest BCUT2D eigenvalue weighted by Crippen LogP contribution is 2.34. The number of nitrogens with zero attached hydrogens (tertiary/aromatic N) is 1. The van der Waals surface area contributed by atoms with Crippen LogP contribution in [0.2, 0.25) is 0 Å². The summed E-state index contributed by atoms with van der Waals surface area (Å²) in [5, 5.41) is 4.95. The molecule has 0 saturated carbocycles. The maximum Gasteiger partial charge on any atom is 0.234 e. The van der Waals surface area contributed by atoms with Crippen molar-refractivity contribution in [2.45, 2.75) is 54.6 Å². The third kappa shape index (κ3) is 5.85. The molecule has 3 atom stereocenters. The van der Waals surface area contributed by atoms with Crippen molar-refractivity contribution in [1.82, 2.24) is 10.2 Å². The van der Waals surface area contributed by atoms with Crippen LogP contribution >= 0.6 is 34.8 Å². The third-order valence-corrected chi connectivity index (χ3v) is 7.12. The molecular formula is C24H29Cl3N2O2. The number of carbonyl (C=O) groups is 1. The first-order valence-electron chi connectivity index (χ1n) is 11.1. The summed E-state index contributed by atoms with van der Waals surface area (Å²) >= 11 is 18.5. The molecule has 2 saturated heterocycles. The van der Waals surface area contributed by atoms with Gasteiger partial charge in [-0.3, -0.25) is 4.79 Å². The summed E-state index contributed by atoms with van der Waals surface area (Å²) in [6.45, 7) is 2.81. The highest BCUT2D eigenvalue weighted by molar-refractivity contribution is 6.68. The average molecular weight is 484 g/mol. The number of ether oxygens (including phenoxy) is 1. The molecule has 2 heterocycles. The van der Waals surface area contributed by atoms with Crippen LogP contribution in [0.3, 0.4) is 0 Å². The fourth-order valence-electron chi connectivity index (χ4n) is 5.03. The minimum atomic E-state index is -1.74. The van der Waals surface area contributed by atoms with Crippen LogP contribution < -0.4 is 5.32 Å². The molecule has 0 radical (unpaired) electrons. The Hall–Kier alpha value is -1.04. The smallest absolute Gasteiger partial charge is 0.234 e. The molecule has 1 N–H and O–H groups in total. The fraction of sp³-hybridized carbons (Fsp3) is 0.542. The van der Waals surface area contributed by atoms with Crippen LogP contribution in [0.25, 0.3) is 10.8 Å². The Kier molecular flexibility index (Phi) is 7.66. The molecule has 0 aliphatic carbocycles. The van der Waals surface area contributed by atoms with Crippen LogP contribution in [0, 0.1) is 5.92 Å². The van der Waals surface area contributed by atoms with E-state index in [0.29, 0.717) is 18.6 Å². The molecule has 7 heteroatoms. The van der Waals surface area contributed by atoms with Gasteiger partial charge in [-0.05, 0) is 61.0 Å². The Bertz CT molecular complexity index is 895. The van der Waals surface area contributed by atoms with Crippen molar-refractivity contribution in [2.24, 2.45) is 5.92 Å². The van der Waals surface area contributed by atoms with E-state index in [1.54, 1.807) is 0 Å². The molecule has 0 bridgehead atoms. The molecule has 4 nitrogen and oxygen atoms in total. The van der Waals surface area contributed by atoms with Gasteiger partial charge in [0.05, 0.1) is 13.0 Å². The molecule has 0 spiro atoms. The Labute approximate surface area is 199 Å². The van der Waals surface area contributed by atoms with Gasteiger partial charge in [0.15, 0.2) is 6.23 Å². The molecule has 2 aliphatic rings. The van der Waals surface area contributed by atoms with E-state index in [0.717, 1.165) is 42.3 Å². The van der Waals surface area contributed by atoms with Crippen LogP contribution in [-0.4, -0.2) is 46.6 Å². The van der Waals surface area contributed by atoms with Crippen molar-refractivity contribution >= 4 is 51.5 Å². The molecule has 2 fully saturated rings. The topological polar surface area (TPSA) is 41.6 Å². The van der Waals surface area contributed by atoms with Crippen LogP contribution in [0.15, 0.2) is 42.5 Å². The lowest BCUT2D eigenvalue weighted by Gasteiger charge is -2.44. The summed E-state index contributed by atoms with van der Waals surface area (Å²) in [6, 6.07) is 14.5. The highest BCUT2D eigenvalue weighted by atomic mass is 35.6. The van der Waals surface area contributed by atoms with Gasteiger partial charge in [-0.15, -0.1) is 0 Å². The standard InChI is InChI=1S/C24H29Cl3N2O2/c25-24(26,27)23(31-16-19-10-6-14-29-13-4-3-12-21(19)29)28-22(30)15-18-9-5-8-17-7-1-2-11-20(17)18/h1-2,5,7-9,11,19,21,23H,3-4,6,10,12-16H2,(H,28,30)/t19-,21+,23+/m1/s1. The molecule has 2 aromatic rings. The monoisotopic (exact) mass is 482 g/mol. The molecule has 0 aromatic heterocycles. The predicted molar refractivity (Wildman–Crippen MR) is 128 cm³/mol. The number of halogens is 3. The van der Waals surface area contributed by atoms with Gasteiger partial charge in [0.25, 0.3) is 0 Å². The largest absolute Gasteiger partial charge is 0.354 e. The first-order chi connectivity index (χ1) is 14.9. The molecule has 0 unspecified atom stereocenters. The lowest BCUT2D eigenvalue weighted by Crippen LogP contribution is -2.51. The normalized spacial score (nSPS) is 23.3. The Morgan fingerprint density at radius 2 is 1.84 bits per heavy atom. The van der Waals surface area contributed by atoms with Gasteiger partial charge < -0.3 is 15.0 Å². The maximum absolute atomic E-state index is 12.8. The minimum Gasteiger partial charge on any atom is -0.354 e. The zero-order chi connectivity index (χ0) is 21.8. The number of hydrogen-bond donors (Lipinski definition) is 1. The predicted octanol–water partition coefficient (Wildman–Crippen LogP) is 5.48. The molecule has 2 aromatic carbocycles. The summed E-state index contributed by atoms with van der Waals surface area (Å²) in [4.78, 5) is 15.4. The van der Waals surface area contributed by atoms with E-state index in [2.05, 4.69) is 10.2 Å². The Balaban J connectivity index is 1.39. The highest BCUT2D eigenvalue weighted by Gasteiger charge is 2.38. The number of alkyl halides is 3. The molecule has 4 rings (SSSR count). The Morgan fingerprint density at radius 3 is 2.68 bits per heavy atom.